The minimum atomic E-state index is -3.00. The molecule has 0 aromatic carbocycles. The second-order valence-electron chi connectivity index (χ2n) is 5.61. The van der Waals surface area contributed by atoms with Crippen LogP contribution in [-0.4, -0.2) is 24.5 Å². The van der Waals surface area contributed by atoms with Gasteiger partial charge in [0.1, 0.15) is 0 Å². The highest BCUT2D eigenvalue weighted by molar-refractivity contribution is 7.91. The molecule has 0 radical (unpaired) electrons. The van der Waals surface area contributed by atoms with Gasteiger partial charge in [-0.2, -0.15) is 0 Å². The van der Waals surface area contributed by atoms with Crippen LogP contribution in [0.3, 0.4) is 0 Å². The molecule has 2 rings (SSSR count). The Morgan fingerprint density at radius 1 is 1.25 bits per heavy atom. The number of nitrogen functional groups attached to an aromatic ring is 1. The van der Waals surface area contributed by atoms with Gasteiger partial charge in [0.05, 0.1) is 11.5 Å². The summed E-state index contributed by atoms with van der Waals surface area (Å²) in [6.07, 6.45) is 6.39. The van der Waals surface area contributed by atoms with E-state index in [2.05, 4.69) is 0 Å². The average molecular weight is 298 g/mol. The van der Waals surface area contributed by atoms with Crippen molar-refractivity contribution >= 4 is 15.5 Å². The zero-order valence-corrected chi connectivity index (χ0v) is 12.4. The monoisotopic (exact) mass is 298 g/mol. The van der Waals surface area contributed by atoms with Gasteiger partial charge in [0.15, 0.2) is 9.84 Å². The summed E-state index contributed by atoms with van der Waals surface area (Å²) >= 11 is 0. The summed E-state index contributed by atoms with van der Waals surface area (Å²) in [5.74, 6) is 0.791. The number of sulfone groups is 1. The van der Waals surface area contributed by atoms with E-state index in [0.717, 1.165) is 25.7 Å². The zero-order chi connectivity index (χ0) is 14.6. The number of hydrogen-bond donors (Lipinski definition) is 1. The SMILES string of the molecule is Nc1ccc(=O)n(CCCS(=O)(=O)CC2CCCC2)c1. The van der Waals surface area contributed by atoms with E-state index < -0.39 is 9.84 Å². The Hall–Kier alpha value is -1.30. The fourth-order valence-electron chi connectivity index (χ4n) is 2.80. The Labute approximate surface area is 119 Å². The smallest absolute Gasteiger partial charge is 0.250 e. The molecule has 2 N–H and O–H groups in total. The number of anilines is 1. The zero-order valence-electron chi connectivity index (χ0n) is 11.6. The number of nitrogens with zero attached hydrogens (tertiary/aromatic N) is 1. The van der Waals surface area contributed by atoms with E-state index in [1.165, 1.54) is 10.6 Å². The summed E-state index contributed by atoms with van der Waals surface area (Å²) < 4.78 is 25.5. The highest BCUT2D eigenvalue weighted by Crippen LogP contribution is 2.26. The van der Waals surface area contributed by atoms with Crippen LogP contribution >= 0.6 is 0 Å². The maximum atomic E-state index is 12.0. The van der Waals surface area contributed by atoms with Gasteiger partial charge in [0.25, 0.3) is 5.56 Å². The van der Waals surface area contributed by atoms with Gasteiger partial charge in [-0.15, -0.1) is 0 Å². The van der Waals surface area contributed by atoms with Crippen LogP contribution in [-0.2, 0) is 16.4 Å². The van der Waals surface area contributed by atoms with E-state index in [9.17, 15) is 13.2 Å². The third kappa shape index (κ3) is 4.37. The van der Waals surface area contributed by atoms with Crippen LogP contribution in [0.15, 0.2) is 23.1 Å². The molecule has 0 aliphatic heterocycles. The van der Waals surface area contributed by atoms with Gasteiger partial charge in [-0.1, -0.05) is 12.8 Å². The van der Waals surface area contributed by atoms with E-state index in [1.807, 2.05) is 0 Å². The minimum Gasteiger partial charge on any atom is -0.398 e. The highest BCUT2D eigenvalue weighted by Gasteiger charge is 2.22. The van der Waals surface area contributed by atoms with Crippen LogP contribution in [0.2, 0.25) is 0 Å². The number of aromatic nitrogens is 1. The number of hydrogen-bond acceptors (Lipinski definition) is 4. The van der Waals surface area contributed by atoms with Crippen molar-refractivity contribution in [2.75, 3.05) is 17.2 Å². The molecular weight excluding hydrogens is 276 g/mol. The van der Waals surface area contributed by atoms with E-state index in [4.69, 9.17) is 5.73 Å². The molecule has 0 spiro atoms. The van der Waals surface area contributed by atoms with Crippen LogP contribution in [0.5, 0.6) is 0 Å². The molecule has 1 aliphatic carbocycles. The van der Waals surface area contributed by atoms with Crippen molar-refractivity contribution in [3.63, 3.8) is 0 Å². The number of nitrogens with two attached hydrogens (primary N) is 1. The largest absolute Gasteiger partial charge is 0.398 e. The predicted molar refractivity (Wildman–Crippen MR) is 80.3 cm³/mol. The first-order valence-corrected chi connectivity index (χ1v) is 8.95. The lowest BCUT2D eigenvalue weighted by molar-refractivity contribution is 0.552. The third-order valence-electron chi connectivity index (χ3n) is 3.83. The molecule has 0 bridgehead atoms. The fourth-order valence-corrected chi connectivity index (χ4v) is 4.59. The molecule has 5 nitrogen and oxygen atoms in total. The molecular formula is C14H22N2O3S. The summed E-state index contributed by atoms with van der Waals surface area (Å²) in [4.78, 5) is 11.6. The molecule has 20 heavy (non-hydrogen) atoms. The van der Waals surface area contributed by atoms with Gasteiger partial charge < -0.3 is 10.3 Å². The molecule has 112 valence electrons. The van der Waals surface area contributed by atoms with Crippen molar-refractivity contribution in [2.24, 2.45) is 5.92 Å². The van der Waals surface area contributed by atoms with Crippen LogP contribution < -0.4 is 11.3 Å². The summed E-state index contributed by atoms with van der Waals surface area (Å²) in [7, 11) is -3.00. The average Bonchev–Trinajstić information content (AvgIpc) is 2.85. The summed E-state index contributed by atoms with van der Waals surface area (Å²) in [5, 5.41) is 0. The molecule has 0 unspecified atom stereocenters. The van der Waals surface area contributed by atoms with Gasteiger partial charge in [0.2, 0.25) is 0 Å². The second-order valence-corrected chi connectivity index (χ2v) is 7.84. The lowest BCUT2D eigenvalue weighted by Gasteiger charge is -2.10. The van der Waals surface area contributed by atoms with Crippen molar-refractivity contribution in [3.05, 3.63) is 28.7 Å². The standard InChI is InChI=1S/C14H22N2O3S/c15-13-6-7-14(17)16(10-13)8-3-9-20(18,19)11-12-4-1-2-5-12/h6-7,10,12H,1-5,8-9,11,15H2. The van der Waals surface area contributed by atoms with Gasteiger partial charge in [0, 0.05) is 24.5 Å². The van der Waals surface area contributed by atoms with E-state index in [-0.39, 0.29) is 11.3 Å². The Morgan fingerprint density at radius 3 is 2.65 bits per heavy atom. The molecule has 6 heteroatoms. The highest BCUT2D eigenvalue weighted by atomic mass is 32.2. The van der Waals surface area contributed by atoms with Crippen LogP contribution in [0.1, 0.15) is 32.1 Å². The first kappa shape index (κ1) is 15.1. The van der Waals surface area contributed by atoms with E-state index in [0.29, 0.717) is 30.3 Å². The Morgan fingerprint density at radius 2 is 1.95 bits per heavy atom. The van der Waals surface area contributed by atoms with Crippen LogP contribution in [0, 0.1) is 5.92 Å². The number of pyridine rings is 1. The van der Waals surface area contributed by atoms with Gasteiger partial charge in [-0.05, 0) is 31.2 Å². The molecule has 0 amide bonds. The van der Waals surface area contributed by atoms with Crippen molar-refractivity contribution < 1.29 is 8.42 Å². The second kappa shape index (κ2) is 6.43. The van der Waals surface area contributed by atoms with Gasteiger partial charge in [-0.25, -0.2) is 8.42 Å². The lowest BCUT2D eigenvalue weighted by Crippen LogP contribution is -2.22. The van der Waals surface area contributed by atoms with E-state index >= 15 is 0 Å². The topological polar surface area (TPSA) is 82.2 Å². The molecule has 1 heterocycles. The summed E-state index contributed by atoms with van der Waals surface area (Å²) in [6, 6.07) is 2.96. The van der Waals surface area contributed by atoms with Gasteiger partial charge >= 0.3 is 0 Å². The summed E-state index contributed by atoms with van der Waals surface area (Å²) in [5.41, 5.74) is 5.98. The first-order chi connectivity index (χ1) is 9.46. The minimum absolute atomic E-state index is 0.144. The third-order valence-corrected chi connectivity index (χ3v) is 5.72. The van der Waals surface area contributed by atoms with Crippen LogP contribution in [0.4, 0.5) is 5.69 Å². The first-order valence-electron chi connectivity index (χ1n) is 7.13. The summed E-state index contributed by atoms with van der Waals surface area (Å²) in [6.45, 7) is 0.397. The molecule has 1 aliphatic rings. The van der Waals surface area contributed by atoms with Crippen molar-refractivity contribution in [2.45, 2.75) is 38.6 Å². The van der Waals surface area contributed by atoms with Crippen molar-refractivity contribution in [1.29, 1.82) is 0 Å². The molecule has 0 atom stereocenters. The lowest BCUT2D eigenvalue weighted by atomic mass is 10.1. The Kier molecular flexibility index (Phi) is 4.86. The fraction of sp³-hybridized carbons (Fsp3) is 0.643. The van der Waals surface area contributed by atoms with Crippen molar-refractivity contribution in [3.8, 4) is 0 Å². The molecule has 1 aromatic rings. The maximum absolute atomic E-state index is 12.0. The quantitative estimate of drug-likeness (QED) is 0.861. The predicted octanol–water partition coefficient (Wildman–Crippen LogP) is 1.43. The normalized spacial score (nSPS) is 16.6. The molecule has 1 aromatic heterocycles. The molecule has 0 saturated heterocycles. The maximum Gasteiger partial charge on any atom is 0.250 e. The van der Waals surface area contributed by atoms with Gasteiger partial charge in [-0.3, -0.25) is 4.79 Å². The number of aryl methyl sites for hydroxylation is 1. The van der Waals surface area contributed by atoms with Crippen LogP contribution in [0.25, 0.3) is 0 Å². The molecule has 1 fully saturated rings. The van der Waals surface area contributed by atoms with Crippen molar-refractivity contribution in [1.82, 2.24) is 4.57 Å². The Bertz CT molecular complexity index is 601. The molecule has 1 saturated carbocycles. The van der Waals surface area contributed by atoms with E-state index in [1.54, 1.807) is 12.3 Å². The number of rotatable bonds is 6. The Balaban J connectivity index is 1.85.